The molecule has 32 heavy (non-hydrogen) atoms. The number of nitrogens with one attached hydrogen (secondary N) is 1. The lowest BCUT2D eigenvalue weighted by molar-refractivity contribution is 0.157. The first-order valence-corrected chi connectivity index (χ1v) is 11.1. The second-order valence-electron chi connectivity index (χ2n) is 8.60. The number of aromatic nitrogens is 1. The Kier molecular flexibility index (Phi) is 5.38. The maximum absolute atomic E-state index is 5.84. The van der Waals surface area contributed by atoms with Gasteiger partial charge in [-0.1, -0.05) is 36.9 Å². The summed E-state index contributed by atoms with van der Waals surface area (Å²) in [5.41, 5.74) is 13.3. The Morgan fingerprint density at radius 2 is 1.97 bits per heavy atom. The highest BCUT2D eigenvalue weighted by atomic mass is 15.2. The molecule has 0 unspecified atom stereocenters. The van der Waals surface area contributed by atoms with Gasteiger partial charge < -0.3 is 16.0 Å². The van der Waals surface area contributed by atoms with Gasteiger partial charge in [0.05, 0.1) is 11.4 Å². The van der Waals surface area contributed by atoms with Crippen LogP contribution in [-0.4, -0.2) is 29.5 Å². The minimum atomic E-state index is 0.583. The fourth-order valence-corrected chi connectivity index (χ4v) is 4.38. The highest BCUT2D eigenvalue weighted by molar-refractivity contribution is 5.95. The molecule has 2 aliphatic heterocycles. The van der Waals surface area contributed by atoms with Crippen molar-refractivity contribution in [3.63, 3.8) is 0 Å². The summed E-state index contributed by atoms with van der Waals surface area (Å²) in [5.74, 6) is 0.583. The number of likely N-dealkylation sites (tertiary alicyclic amines) is 1. The molecular weight excluding hydrogens is 392 g/mol. The van der Waals surface area contributed by atoms with E-state index in [1.807, 2.05) is 37.4 Å². The zero-order valence-corrected chi connectivity index (χ0v) is 18.4. The molecule has 0 saturated carbocycles. The van der Waals surface area contributed by atoms with Gasteiger partial charge in [-0.3, -0.25) is 4.98 Å². The number of nitrogens with zero attached hydrogens (tertiary/aromatic N) is 2. The first kappa shape index (κ1) is 20.3. The smallest absolute Gasteiger partial charge is 0.0873 e. The predicted molar refractivity (Wildman–Crippen MR) is 133 cm³/mol. The highest BCUT2D eigenvalue weighted by Gasteiger charge is 2.26. The summed E-state index contributed by atoms with van der Waals surface area (Å²) in [7, 11) is 0. The van der Waals surface area contributed by atoms with Crippen LogP contribution in [0.1, 0.15) is 17.0 Å². The summed E-state index contributed by atoms with van der Waals surface area (Å²) in [5, 5.41) is 5.81. The molecule has 2 aromatic rings. The van der Waals surface area contributed by atoms with Crippen molar-refractivity contribution in [2.24, 2.45) is 11.7 Å². The molecule has 1 aromatic heterocycles. The van der Waals surface area contributed by atoms with Gasteiger partial charge in [-0.05, 0) is 77.5 Å². The van der Waals surface area contributed by atoms with Crippen LogP contribution in [0.4, 0.5) is 0 Å². The number of fused-ring (bicyclic) bond motifs is 1. The van der Waals surface area contributed by atoms with Gasteiger partial charge in [0.1, 0.15) is 0 Å². The van der Waals surface area contributed by atoms with Crippen molar-refractivity contribution in [2.75, 3.05) is 19.6 Å². The highest BCUT2D eigenvalue weighted by Crippen LogP contribution is 2.26. The lowest BCUT2D eigenvalue weighted by Gasteiger charge is -2.41. The molecule has 5 rings (SSSR count). The van der Waals surface area contributed by atoms with Gasteiger partial charge in [0.2, 0.25) is 0 Å². The van der Waals surface area contributed by atoms with Crippen LogP contribution in [0.15, 0.2) is 84.8 Å². The minimum Gasteiger partial charge on any atom is -0.371 e. The molecule has 0 spiro atoms. The molecule has 1 aliphatic carbocycles. The van der Waals surface area contributed by atoms with Crippen LogP contribution < -0.4 is 21.5 Å². The van der Waals surface area contributed by atoms with Gasteiger partial charge in [-0.2, -0.15) is 0 Å². The molecule has 0 radical (unpaired) electrons. The molecule has 0 atom stereocenters. The molecule has 1 aromatic carbocycles. The number of benzene rings is 1. The fourth-order valence-electron chi connectivity index (χ4n) is 4.38. The molecule has 160 valence electrons. The largest absolute Gasteiger partial charge is 0.371 e. The normalized spacial score (nSPS) is 18.0. The van der Waals surface area contributed by atoms with E-state index in [1.54, 1.807) is 0 Å². The molecule has 0 bridgehead atoms. The van der Waals surface area contributed by atoms with Crippen LogP contribution in [0.25, 0.3) is 23.4 Å². The minimum absolute atomic E-state index is 0.583. The summed E-state index contributed by atoms with van der Waals surface area (Å²) in [6.07, 6.45) is 14.8. The first-order chi connectivity index (χ1) is 15.6. The van der Waals surface area contributed by atoms with E-state index in [0.717, 1.165) is 53.4 Å². The number of rotatable bonds is 4. The van der Waals surface area contributed by atoms with Crippen molar-refractivity contribution in [2.45, 2.75) is 6.92 Å². The number of allylic oxidation sites excluding steroid dienone is 7. The summed E-state index contributed by atoms with van der Waals surface area (Å²) < 4.78 is 0. The van der Waals surface area contributed by atoms with Crippen molar-refractivity contribution in [3.05, 3.63) is 112 Å². The van der Waals surface area contributed by atoms with Crippen LogP contribution in [0.2, 0.25) is 0 Å². The molecule has 3 N–H and O–H groups in total. The van der Waals surface area contributed by atoms with Gasteiger partial charge in [-0.15, -0.1) is 0 Å². The third-order valence-electron chi connectivity index (χ3n) is 6.14. The van der Waals surface area contributed by atoms with E-state index in [-0.39, 0.29) is 0 Å². The van der Waals surface area contributed by atoms with Gasteiger partial charge in [0, 0.05) is 42.2 Å². The predicted octanol–water partition coefficient (Wildman–Crippen LogP) is 2.84. The van der Waals surface area contributed by atoms with Crippen LogP contribution in [0, 0.1) is 12.8 Å². The number of hydrogen-bond donors (Lipinski definition) is 2. The standard InChI is InChI=1S/C28H28N4/c1-19-12-22-9-10-23(14-24(22)15-25(13-19)32-17-21(16-29)18-32)26-7-3-4-11-30-28(26)27-8-5-6-20(2)31-27/h3-15,21,30H,1,16-18,29H2,2H3. The average molecular weight is 421 g/mol. The van der Waals surface area contributed by atoms with Gasteiger partial charge in [-0.25, -0.2) is 0 Å². The van der Waals surface area contributed by atoms with Gasteiger partial charge in [0.15, 0.2) is 0 Å². The van der Waals surface area contributed by atoms with Crippen LogP contribution >= 0.6 is 0 Å². The van der Waals surface area contributed by atoms with Gasteiger partial charge >= 0.3 is 0 Å². The zero-order chi connectivity index (χ0) is 22.1. The monoisotopic (exact) mass is 420 g/mol. The van der Waals surface area contributed by atoms with Crippen LogP contribution in [-0.2, 0) is 0 Å². The molecular formula is C28H28N4. The van der Waals surface area contributed by atoms with E-state index >= 15 is 0 Å². The number of hydrogen-bond acceptors (Lipinski definition) is 4. The summed E-state index contributed by atoms with van der Waals surface area (Å²) in [6.45, 7) is 9.02. The molecule has 3 heterocycles. The van der Waals surface area contributed by atoms with Crippen LogP contribution in [0.5, 0.6) is 0 Å². The first-order valence-electron chi connectivity index (χ1n) is 11.1. The van der Waals surface area contributed by atoms with E-state index in [1.165, 1.54) is 16.1 Å². The van der Waals surface area contributed by atoms with Crippen molar-refractivity contribution >= 4 is 23.4 Å². The zero-order valence-electron chi connectivity index (χ0n) is 18.4. The average Bonchev–Trinajstić information content (AvgIpc) is 3.08. The summed E-state index contributed by atoms with van der Waals surface area (Å²) >= 11 is 0. The van der Waals surface area contributed by atoms with E-state index in [9.17, 15) is 0 Å². The Balaban J connectivity index is 1.62. The second kappa shape index (κ2) is 8.48. The van der Waals surface area contributed by atoms with Crippen LogP contribution in [0.3, 0.4) is 0 Å². The summed E-state index contributed by atoms with van der Waals surface area (Å²) in [6, 6.07) is 12.7. The maximum atomic E-state index is 5.84. The van der Waals surface area contributed by atoms with Crippen molar-refractivity contribution in [1.82, 2.24) is 15.2 Å². The molecule has 4 nitrogen and oxygen atoms in total. The SMILES string of the molecule is C=C1C=C(N2CC(CN)C2)C=c2cc(C3=C(c4cccc(C)n4)NC=CC=C3)ccc2=C1. The van der Waals surface area contributed by atoms with E-state index < -0.39 is 0 Å². The molecule has 4 heteroatoms. The quantitative estimate of drug-likeness (QED) is 0.799. The van der Waals surface area contributed by atoms with Gasteiger partial charge in [0.25, 0.3) is 0 Å². The van der Waals surface area contributed by atoms with E-state index in [4.69, 9.17) is 10.7 Å². The lowest BCUT2D eigenvalue weighted by atomic mass is 9.98. The Morgan fingerprint density at radius 3 is 2.78 bits per heavy atom. The molecule has 1 fully saturated rings. The number of pyridine rings is 1. The Bertz CT molecular complexity index is 1320. The third kappa shape index (κ3) is 3.97. The van der Waals surface area contributed by atoms with E-state index in [2.05, 4.69) is 65.4 Å². The second-order valence-corrected chi connectivity index (χ2v) is 8.60. The third-order valence-corrected chi connectivity index (χ3v) is 6.14. The molecule has 3 aliphatic rings. The van der Waals surface area contributed by atoms with Crippen molar-refractivity contribution < 1.29 is 0 Å². The fraction of sp³-hybridized carbons (Fsp3) is 0.179. The number of aryl methyl sites for hydroxylation is 1. The Labute approximate surface area is 189 Å². The topological polar surface area (TPSA) is 54.2 Å². The van der Waals surface area contributed by atoms with E-state index in [0.29, 0.717) is 5.92 Å². The van der Waals surface area contributed by atoms with Crippen molar-refractivity contribution in [1.29, 1.82) is 0 Å². The summed E-state index contributed by atoms with van der Waals surface area (Å²) in [4.78, 5) is 7.14. The Morgan fingerprint density at radius 1 is 1.09 bits per heavy atom. The molecule has 1 saturated heterocycles. The lowest BCUT2D eigenvalue weighted by Crippen LogP contribution is -2.48. The maximum Gasteiger partial charge on any atom is 0.0873 e. The number of nitrogens with two attached hydrogens (primary N) is 1. The van der Waals surface area contributed by atoms with Crippen molar-refractivity contribution in [3.8, 4) is 0 Å². The Hall–Kier alpha value is -3.63. The molecule has 0 amide bonds.